The van der Waals surface area contributed by atoms with Crippen LogP contribution in [0.2, 0.25) is 0 Å². The summed E-state index contributed by atoms with van der Waals surface area (Å²) in [6, 6.07) is 12.2. The number of carbonyl (C=O) groups is 2. The van der Waals surface area contributed by atoms with Crippen molar-refractivity contribution in [3.8, 4) is 11.1 Å². The van der Waals surface area contributed by atoms with Crippen LogP contribution in [-0.2, 0) is 28.9 Å². The third-order valence-corrected chi connectivity index (χ3v) is 6.05. The molecule has 0 aliphatic heterocycles. The maximum Gasteiger partial charge on any atom is 0.313 e. The molecule has 1 unspecified atom stereocenters. The van der Waals surface area contributed by atoms with E-state index in [-0.39, 0.29) is 6.42 Å². The van der Waals surface area contributed by atoms with E-state index in [1.54, 1.807) is 0 Å². The predicted octanol–water partition coefficient (Wildman–Crippen LogP) is 6.00. The van der Waals surface area contributed by atoms with Gasteiger partial charge in [-0.2, -0.15) is 0 Å². The first kappa shape index (κ1) is 26.6. The van der Waals surface area contributed by atoms with Gasteiger partial charge in [0.2, 0.25) is 0 Å². The molecule has 0 saturated carbocycles. The van der Waals surface area contributed by atoms with Gasteiger partial charge in [-0.15, -0.1) is 0 Å². The Morgan fingerprint density at radius 2 is 1.24 bits per heavy atom. The number of hydrogen-bond donors (Lipinski definition) is 3. The van der Waals surface area contributed by atoms with Crippen LogP contribution < -0.4 is 0 Å². The SMILES string of the molecule is CCCCCc1cc(CCC(=O)O)cc(-c2cc(CCCCC)cc(C(CO)C(=O)O)c2)c1. The van der Waals surface area contributed by atoms with Gasteiger partial charge in [-0.3, -0.25) is 9.59 Å². The standard InChI is InChI=1S/C28H38O5/c1-3-5-7-9-20-13-22(11-12-27(30)31)16-23(14-20)24-15-21(10-8-6-4-2)17-25(18-24)26(19-29)28(32)33/h13-18,26,29H,3-12,19H2,1-2H3,(H,30,31)(H,32,33). The molecule has 0 fully saturated rings. The van der Waals surface area contributed by atoms with E-state index in [0.29, 0.717) is 12.0 Å². The van der Waals surface area contributed by atoms with Crippen molar-refractivity contribution in [2.45, 2.75) is 84.0 Å². The highest BCUT2D eigenvalue weighted by molar-refractivity contribution is 5.78. The van der Waals surface area contributed by atoms with Gasteiger partial charge >= 0.3 is 11.9 Å². The number of aliphatic hydroxyl groups excluding tert-OH is 1. The zero-order chi connectivity index (χ0) is 24.2. The Bertz CT molecular complexity index is 918. The lowest BCUT2D eigenvalue weighted by atomic mass is 9.89. The minimum Gasteiger partial charge on any atom is -0.481 e. The second-order valence-electron chi connectivity index (χ2n) is 8.88. The summed E-state index contributed by atoms with van der Waals surface area (Å²) in [6.07, 6.45) is 8.90. The van der Waals surface area contributed by atoms with Crippen molar-refractivity contribution in [2.75, 3.05) is 6.61 Å². The first-order valence-electron chi connectivity index (χ1n) is 12.2. The fourth-order valence-corrected chi connectivity index (χ4v) is 4.18. The number of hydrogen-bond acceptors (Lipinski definition) is 3. The topological polar surface area (TPSA) is 94.8 Å². The summed E-state index contributed by atoms with van der Waals surface area (Å²) in [6.45, 7) is 3.87. The number of carboxylic acids is 2. The summed E-state index contributed by atoms with van der Waals surface area (Å²) in [4.78, 5) is 22.9. The predicted molar refractivity (Wildman–Crippen MR) is 132 cm³/mol. The highest BCUT2D eigenvalue weighted by Gasteiger charge is 2.20. The Kier molecular flexibility index (Phi) is 11.1. The normalized spacial score (nSPS) is 12.0. The second-order valence-corrected chi connectivity index (χ2v) is 8.88. The highest BCUT2D eigenvalue weighted by atomic mass is 16.4. The summed E-state index contributed by atoms with van der Waals surface area (Å²) < 4.78 is 0. The van der Waals surface area contributed by atoms with Gasteiger partial charge in [-0.25, -0.2) is 0 Å². The molecule has 0 saturated heterocycles. The number of unbranched alkanes of at least 4 members (excludes halogenated alkanes) is 4. The maximum absolute atomic E-state index is 11.7. The van der Waals surface area contributed by atoms with Gasteiger partial charge in [0.15, 0.2) is 0 Å². The summed E-state index contributed by atoms with van der Waals surface area (Å²) in [5.41, 5.74) is 5.74. The van der Waals surface area contributed by atoms with E-state index >= 15 is 0 Å². The molecule has 0 bridgehead atoms. The molecule has 2 aromatic carbocycles. The molecule has 180 valence electrons. The number of aryl methyl sites for hydroxylation is 3. The van der Waals surface area contributed by atoms with Crippen molar-refractivity contribution >= 4 is 11.9 Å². The van der Waals surface area contributed by atoms with E-state index in [2.05, 4.69) is 32.0 Å². The van der Waals surface area contributed by atoms with Crippen LogP contribution >= 0.6 is 0 Å². The molecule has 5 heteroatoms. The van der Waals surface area contributed by atoms with Crippen LogP contribution in [0.3, 0.4) is 0 Å². The fraction of sp³-hybridized carbons (Fsp3) is 0.500. The number of benzene rings is 2. The Labute approximate surface area is 197 Å². The van der Waals surface area contributed by atoms with E-state index < -0.39 is 24.5 Å². The average molecular weight is 455 g/mol. The minimum atomic E-state index is -1.04. The van der Waals surface area contributed by atoms with Crippen LogP contribution in [0.5, 0.6) is 0 Å². The van der Waals surface area contributed by atoms with Crippen LogP contribution in [0.15, 0.2) is 36.4 Å². The van der Waals surface area contributed by atoms with Gasteiger partial charge < -0.3 is 15.3 Å². The Morgan fingerprint density at radius 1 is 0.727 bits per heavy atom. The number of carboxylic acid groups (broad SMARTS) is 2. The van der Waals surface area contributed by atoms with Gasteiger partial charge in [0.25, 0.3) is 0 Å². The average Bonchev–Trinajstić information content (AvgIpc) is 2.78. The zero-order valence-electron chi connectivity index (χ0n) is 20.0. The molecule has 33 heavy (non-hydrogen) atoms. The number of aliphatic hydroxyl groups is 1. The van der Waals surface area contributed by atoms with Crippen molar-refractivity contribution in [1.82, 2.24) is 0 Å². The zero-order valence-corrected chi connectivity index (χ0v) is 20.0. The molecule has 0 heterocycles. The molecule has 0 radical (unpaired) electrons. The molecule has 0 aliphatic carbocycles. The maximum atomic E-state index is 11.7. The lowest BCUT2D eigenvalue weighted by Crippen LogP contribution is -2.16. The molecule has 0 aliphatic rings. The Hall–Kier alpha value is -2.66. The van der Waals surface area contributed by atoms with Crippen molar-refractivity contribution < 1.29 is 24.9 Å². The van der Waals surface area contributed by atoms with Gasteiger partial charge in [0.05, 0.1) is 6.61 Å². The van der Waals surface area contributed by atoms with Gasteiger partial charge in [0.1, 0.15) is 5.92 Å². The van der Waals surface area contributed by atoms with Crippen LogP contribution in [0.25, 0.3) is 11.1 Å². The van der Waals surface area contributed by atoms with E-state index in [9.17, 15) is 19.8 Å². The minimum absolute atomic E-state index is 0.0752. The molecule has 3 N–H and O–H groups in total. The van der Waals surface area contributed by atoms with Crippen molar-refractivity contribution in [1.29, 1.82) is 0 Å². The lowest BCUT2D eigenvalue weighted by Gasteiger charge is -2.16. The molecule has 0 spiro atoms. The fourth-order valence-electron chi connectivity index (χ4n) is 4.18. The third-order valence-electron chi connectivity index (χ3n) is 6.05. The Morgan fingerprint density at radius 3 is 1.73 bits per heavy atom. The molecule has 5 nitrogen and oxygen atoms in total. The molecular formula is C28H38O5. The quantitative estimate of drug-likeness (QED) is 0.287. The molecule has 1 atom stereocenters. The van der Waals surface area contributed by atoms with Crippen LogP contribution in [0, 0.1) is 0 Å². The van der Waals surface area contributed by atoms with Crippen LogP contribution in [-0.4, -0.2) is 33.9 Å². The van der Waals surface area contributed by atoms with Crippen molar-refractivity contribution in [3.05, 3.63) is 58.7 Å². The highest BCUT2D eigenvalue weighted by Crippen LogP contribution is 2.30. The van der Waals surface area contributed by atoms with Crippen molar-refractivity contribution in [2.24, 2.45) is 0 Å². The summed E-state index contributed by atoms with van der Waals surface area (Å²) in [5, 5.41) is 28.5. The molecule has 2 aromatic rings. The largest absolute Gasteiger partial charge is 0.481 e. The van der Waals surface area contributed by atoms with Gasteiger partial charge in [-0.05, 0) is 65.5 Å². The van der Waals surface area contributed by atoms with Crippen LogP contribution in [0.4, 0.5) is 0 Å². The molecule has 2 rings (SSSR count). The van der Waals surface area contributed by atoms with Gasteiger partial charge in [-0.1, -0.05) is 75.9 Å². The molecular weight excluding hydrogens is 416 g/mol. The Balaban J connectivity index is 2.51. The first-order valence-corrected chi connectivity index (χ1v) is 12.2. The lowest BCUT2D eigenvalue weighted by molar-refractivity contribution is -0.140. The van der Waals surface area contributed by atoms with Gasteiger partial charge in [0, 0.05) is 6.42 Å². The number of rotatable bonds is 15. The van der Waals surface area contributed by atoms with E-state index in [4.69, 9.17) is 5.11 Å². The van der Waals surface area contributed by atoms with E-state index in [1.165, 1.54) is 5.56 Å². The number of aliphatic carboxylic acids is 2. The summed E-state index contributed by atoms with van der Waals surface area (Å²) in [7, 11) is 0. The summed E-state index contributed by atoms with van der Waals surface area (Å²) in [5.74, 6) is -2.82. The monoisotopic (exact) mass is 454 g/mol. The van der Waals surface area contributed by atoms with E-state index in [1.807, 2.05) is 18.2 Å². The smallest absolute Gasteiger partial charge is 0.313 e. The van der Waals surface area contributed by atoms with Crippen molar-refractivity contribution in [3.63, 3.8) is 0 Å². The molecule has 0 amide bonds. The van der Waals surface area contributed by atoms with E-state index in [0.717, 1.165) is 73.6 Å². The third kappa shape index (κ3) is 8.65. The molecule has 0 aromatic heterocycles. The van der Waals surface area contributed by atoms with Crippen LogP contribution in [0.1, 0.15) is 87.0 Å². The summed E-state index contributed by atoms with van der Waals surface area (Å²) >= 11 is 0. The second kappa shape index (κ2) is 13.8. The first-order chi connectivity index (χ1) is 15.9.